The highest BCUT2D eigenvalue weighted by molar-refractivity contribution is 7.99. The van der Waals surface area contributed by atoms with Gasteiger partial charge in [0.05, 0.1) is 4.92 Å². The third-order valence-electron chi connectivity index (χ3n) is 2.42. The summed E-state index contributed by atoms with van der Waals surface area (Å²) in [6.07, 6.45) is 1.72. The zero-order valence-corrected chi connectivity index (χ0v) is 10.8. The lowest BCUT2D eigenvalue weighted by atomic mass is 10.1. The van der Waals surface area contributed by atoms with E-state index in [0.717, 1.165) is 29.9 Å². The summed E-state index contributed by atoms with van der Waals surface area (Å²) in [5, 5.41) is 10.8. The fourth-order valence-corrected chi connectivity index (χ4v) is 2.56. The number of nitrogens with zero attached hydrogens (tertiary/aromatic N) is 1. The Morgan fingerprint density at radius 3 is 2.76 bits per heavy atom. The number of nitro benzene ring substituents is 1. The molecule has 1 aromatic carbocycles. The van der Waals surface area contributed by atoms with Crippen LogP contribution in [0.5, 0.6) is 0 Å². The van der Waals surface area contributed by atoms with Gasteiger partial charge in [0, 0.05) is 17.7 Å². The van der Waals surface area contributed by atoms with E-state index in [2.05, 4.69) is 0 Å². The Hall–Kier alpha value is -1.07. The maximum Gasteiger partial charge on any atom is 0.272 e. The molecule has 1 unspecified atom stereocenters. The Morgan fingerprint density at radius 2 is 2.12 bits per heavy atom. The number of nitro groups is 1. The van der Waals surface area contributed by atoms with Gasteiger partial charge in [-0.3, -0.25) is 10.1 Å². The Morgan fingerprint density at radius 1 is 1.41 bits per heavy atom. The molecule has 0 aromatic heterocycles. The first-order valence-corrected chi connectivity index (χ1v) is 6.82. The standard InChI is InChI=1S/C12H18N2O2S/c1-10(13)6-8-17-9-7-11-4-2-3-5-12(11)14(15)16/h2-5,10H,6-9,13H2,1H3. The Labute approximate surface area is 106 Å². The minimum Gasteiger partial charge on any atom is -0.328 e. The van der Waals surface area contributed by atoms with Gasteiger partial charge in [0.15, 0.2) is 0 Å². The van der Waals surface area contributed by atoms with Crippen LogP contribution in [0.2, 0.25) is 0 Å². The van der Waals surface area contributed by atoms with Crippen molar-refractivity contribution in [3.63, 3.8) is 0 Å². The van der Waals surface area contributed by atoms with E-state index in [1.54, 1.807) is 23.9 Å². The first-order chi connectivity index (χ1) is 8.11. The molecule has 1 aromatic rings. The lowest BCUT2D eigenvalue weighted by molar-refractivity contribution is -0.385. The van der Waals surface area contributed by atoms with E-state index in [9.17, 15) is 10.1 Å². The van der Waals surface area contributed by atoms with Crippen LogP contribution in [-0.2, 0) is 6.42 Å². The van der Waals surface area contributed by atoms with Crippen molar-refractivity contribution in [2.24, 2.45) is 5.73 Å². The molecule has 5 heteroatoms. The first-order valence-electron chi connectivity index (χ1n) is 5.67. The summed E-state index contributed by atoms with van der Waals surface area (Å²) in [6.45, 7) is 1.99. The van der Waals surface area contributed by atoms with Gasteiger partial charge in [-0.25, -0.2) is 0 Å². The van der Waals surface area contributed by atoms with Crippen LogP contribution in [-0.4, -0.2) is 22.5 Å². The first kappa shape index (κ1) is 14.0. The van der Waals surface area contributed by atoms with Crippen LogP contribution < -0.4 is 5.73 Å². The highest BCUT2D eigenvalue weighted by Gasteiger charge is 2.11. The molecule has 0 saturated heterocycles. The molecule has 1 atom stereocenters. The number of aryl methyl sites for hydroxylation is 1. The fourth-order valence-electron chi connectivity index (χ4n) is 1.45. The quantitative estimate of drug-likeness (QED) is 0.461. The van der Waals surface area contributed by atoms with Crippen LogP contribution in [0, 0.1) is 10.1 Å². The van der Waals surface area contributed by atoms with Gasteiger partial charge in [-0.05, 0) is 31.3 Å². The third-order valence-corrected chi connectivity index (χ3v) is 3.44. The molecule has 0 radical (unpaired) electrons. The second-order valence-electron chi connectivity index (χ2n) is 4.01. The van der Waals surface area contributed by atoms with Crippen LogP contribution in [0.3, 0.4) is 0 Å². The Bertz CT molecular complexity index is 369. The molecule has 94 valence electrons. The molecule has 1 rings (SSSR count). The smallest absolute Gasteiger partial charge is 0.272 e. The molecule has 0 aliphatic carbocycles. The van der Waals surface area contributed by atoms with Gasteiger partial charge in [-0.1, -0.05) is 18.2 Å². The number of hydrogen-bond acceptors (Lipinski definition) is 4. The topological polar surface area (TPSA) is 69.2 Å². The Balaban J connectivity index is 2.39. The summed E-state index contributed by atoms with van der Waals surface area (Å²) in [6, 6.07) is 7.15. The average molecular weight is 254 g/mol. The maximum absolute atomic E-state index is 10.8. The molecule has 0 heterocycles. The zero-order chi connectivity index (χ0) is 12.7. The van der Waals surface area contributed by atoms with Crippen molar-refractivity contribution in [1.29, 1.82) is 0 Å². The van der Waals surface area contributed by atoms with Gasteiger partial charge in [0.1, 0.15) is 0 Å². The summed E-state index contributed by atoms with van der Waals surface area (Å²) < 4.78 is 0. The van der Waals surface area contributed by atoms with E-state index in [4.69, 9.17) is 5.73 Å². The summed E-state index contributed by atoms with van der Waals surface area (Å²) in [4.78, 5) is 10.5. The summed E-state index contributed by atoms with van der Waals surface area (Å²) in [7, 11) is 0. The van der Waals surface area contributed by atoms with Crippen molar-refractivity contribution < 1.29 is 4.92 Å². The minimum atomic E-state index is -0.318. The maximum atomic E-state index is 10.8. The molecule has 0 saturated carbocycles. The zero-order valence-electron chi connectivity index (χ0n) is 9.96. The molecule has 0 bridgehead atoms. The summed E-state index contributed by atoms with van der Waals surface area (Å²) in [5.41, 5.74) is 6.68. The van der Waals surface area contributed by atoms with Crippen molar-refractivity contribution in [2.75, 3.05) is 11.5 Å². The molecule has 2 N–H and O–H groups in total. The van der Waals surface area contributed by atoms with E-state index in [-0.39, 0.29) is 16.7 Å². The van der Waals surface area contributed by atoms with Crippen molar-refractivity contribution in [3.8, 4) is 0 Å². The van der Waals surface area contributed by atoms with Gasteiger partial charge >= 0.3 is 0 Å². The molecule has 0 amide bonds. The van der Waals surface area contributed by atoms with E-state index in [1.165, 1.54) is 0 Å². The van der Waals surface area contributed by atoms with Crippen molar-refractivity contribution >= 4 is 17.4 Å². The number of nitrogens with two attached hydrogens (primary N) is 1. The largest absolute Gasteiger partial charge is 0.328 e. The van der Waals surface area contributed by atoms with Gasteiger partial charge < -0.3 is 5.73 Å². The lowest BCUT2D eigenvalue weighted by Gasteiger charge is -2.05. The molecule has 4 nitrogen and oxygen atoms in total. The Kier molecular flexibility index (Phi) is 6.00. The summed E-state index contributed by atoms with van der Waals surface area (Å²) in [5.74, 6) is 1.91. The predicted octanol–water partition coefficient (Wildman–Crippen LogP) is 2.61. The van der Waals surface area contributed by atoms with Gasteiger partial charge in [-0.2, -0.15) is 11.8 Å². The van der Waals surface area contributed by atoms with Crippen molar-refractivity contribution in [1.82, 2.24) is 0 Å². The SMILES string of the molecule is CC(N)CCSCCc1ccccc1[N+](=O)[O-]. The van der Waals surface area contributed by atoms with E-state index >= 15 is 0 Å². The molecular weight excluding hydrogens is 236 g/mol. The molecule has 0 aliphatic rings. The molecular formula is C12H18N2O2S. The highest BCUT2D eigenvalue weighted by Crippen LogP contribution is 2.19. The third kappa shape index (κ3) is 5.19. The van der Waals surface area contributed by atoms with Crippen LogP contribution in [0.1, 0.15) is 18.9 Å². The van der Waals surface area contributed by atoms with Crippen LogP contribution in [0.4, 0.5) is 5.69 Å². The van der Waals surface area contributed by atoms with E-state index in [0.29, 0.717) is 0 Å². The normalized spacial score (nSPS) is 12.4. The number of thioether (sulfide) groups is 1. The van der Waals surface area contributed by atoms with E-state index < -0.39 is 0 Å². The molecule has 17 heavy (non-hydrogen) atoms. The second-order valence-corrected chi connectivity index (χ2v) is 5.24. The fraction of sp³-hybridized carbons (Fsp3) is 0.500. The number of hydrogen-bond donors (Lipinski definition) is 1. The summed E-state index contributed by atoms with van der Waals surface area (Å²) >= 11 is 1.79. The number of para-hydroxylation sites is 1. The number of rotatable bonds is 7. The van der Waals surface area contributed by atoms with Crippen LogP contribution in [0.15, 0.2) is 24.3 Å². The molecule has 0 spiro atoms. The van der Waals surface area contributed by atoms with Gasteiger partial charge in [-0.15, -0.1) is 0 Å². The predicted molar refractivity (Wildman–Crippen MR) is 72.4 cm³/mol. The average Bonchev–Trinajstić information content (AvgIpc) is 2.28. The molecule has 0 aliphatic heterocycles. The van der Waals surface area contributed by atoms with Crippen LogP contribution in [0.25, 0.3) is 0 Å². The second kappa shape index (κ2) is 7.29. The monoisotopic (exact) mass is 254 g/mol. The van der Waals surface area contributed by atoms with Gasteiger partial charge in [0.25, 0.3) is 5.69 Å². The van der Waals surface area contributed by atoms with Crippen molar-refractivity contribution in [2.45, 2.75) is 25.8 Å². The van der Waals surface area contributed by atoms with Gasteiger partial charge in [0.2, 0.25) is 0 Å². The molecule has 0 fully saturated rings. The van der Waals surface area contributed by atoms with Crippen LogP contribution >= 0.6 is 11.8 Å². The van der Waals surface area contributed by atoms with Crippen molar-refractivity contribution in [3.05, 3.63) is 39.9 Å². The number of benzene rings is 1. The minimum absolute atomic E-state index is 0.222. The lowest BCUT2D eigenvalue weighted by Crippen LogP contribution is -2.15. The highest BCUT2D eigenvalue weighted by atomic mass is 32.2. The van der Waals surface area contributed by atoms with E-state index in [1.807, 2.05) is 19.1 Å².